The summed E-state index contributed by atoms with van der Waals surface area (Å²) in [6, 6.07) is 5.76. The molecule has 0 radical (unpaired) electrons. The number of aliphatic hydroxyl groups is 3. The van der Waals surface area contributed by atoms with E-state index in [1.54, 1.807) is 0 Å². The third-order valence-electron chi connectivity index (χ3n) is 14.5. The van der Waals surface area contributed by atoms with Gasteiger partial charge in [-0.05, 0) is 130 Å². The Morgan fingerprint density at radius 2 is 1.95 bits per heavy atom. The molecule has 3 saturated carbocycles. The molecule has 7 N–H and O–H groups in total. The SMILES string of the molecule is C=C1C=CC=C(C2CCC3(C(CCCO)C(=C(C)C(=O)Cc4cccc5c4CC(=O)NC5N)CCC3(C)O)C2O)COCC#CCC(C)=CCC1NCC1CCCCC1. The molecule has 320 valence electrons. The normalized spacial score (nSPS) is 31.9. The molecule has 3 aliphatic carbocycles. The van der Waals surface area contributed by atoms with Crippen LogP contribution in [0.2, 0.25) is 0 Å². The summed E-state index contributed by atoms with van der Waals surface area (Å²) < 4.78 is 6.17. The minimum absolute atomic E-state index is 0.0345. The van der Waals surface area contributed by atoms with Crippen LogP contribution < -0.4 is 16.4 Å². The van der Waals surface area contributed by atoms with Gasteiger partial charge in [-0.1, -0.05) is 91.3 Å². The van der Waals surface area contributed by atoms with Crippen molar-refractivity contribution >= 4 is 11.7 Å². The predicted octanol–water partition coefficient (Wildman–Crippen LogP) is 6.77. The van der Waals surface area contributed by atoms with Crippen LogP contribution in [0.4, 0.5) is 0 Å². The van der Waals surface area contributed by atoms with Crippen molar-refractivity contribution in [2.75, 3.05) is 26.4 Å². The molecule has 5 aliphatic rings. The molecule has 7 unspecified atom stereocenters. The number of hydrogen-bond donors (Lipinski definition) is 6. The van der Waals surface area contributed by atoms with E-state index < -0.39 is 23.3 Å². The van der Waals surface area contributed by atoms with Crippen molar-refractivity contribution in [2.24, 2.45) is 28.9 Å². The Labute approximate surface area is 352 Å². The zero-order valence-electron chi connectivity index (χ0n) is 35.8. The van der Waals surface area contributed by atoms with Gasteiger partial charge < -0.3 is 36.4 Å². The Morgan fingerprint density at radius 3 is 2.73 bits per heavy atom. The van der Waals surface area contributed by atoms with Gasteiger partial charge in [-0.15, -0.1) is 0 Å². The minimum Gasteiger partial charge on any atom is -0.396 e. The van der Waals surface area contributed by atoms with Crippen LogP contribution in [0.3, 0.4) is 0 Å². The van der Waals surface area contributed by atoms with E-state index in [2.05, 4.69) is 54.2 Å². The Morgan fingerprint density at radius 1 is 1.15 bits per heavy atom. The van der Waals surface area contributed by atoms with E-state index in [1.165, 1.54) is 37.7 Å². The van der Waals surface area contributed by atoms with E-state index in [9.17, 15) is 24.9 Å². The Bertz CT molecular complexity index is 1890. The number of rotatable bonds is 10. The molecule has 9 nitrogen and oxygen atoms in total. The summed E-state index contributed by atoms with van der Waals surface area (Å²) in [5, 5.41) is 41.9. The highest BCUT2D eigenvalue weighted by molar-refractivity contribution is 5.97. The number of amides is 1. The number of carbonyl (C=O) groups is 2. The second-order valence-electron chi connectivity index (χ2n) is 18.2. The predicted molar refractivity (Wildman–Crippen MR) is 234 cm³/mol. The highest BCUT2D eigenvalue weighted by Gasteiger charge is 2.64. The Hall–Kier alpha value is -3.62. The van der Waals surface area contributed by atoms with Crippen molar-refractivity contribution in [3.8, 4) is 11.8 Å². The number of aliphatic hydroxyl groups excluding tert-OH is 2. The Balaban J connectivity index is 1.28. The number of hydrogen-bond acceptors (Lipinski definition) is 8. The number of nitrogens with two attached hydrogens (primary N) is 1. The number of Topliss-reactive ketones (excluding diaryl/α,β-unsaturated/α-hetero) is 1. The van der Waals surface area contributed by atoms with E-state index in [-0.39, 0.29) is 62.2 Å². The first-order valence-corrected chi connectivity index (χ1v) is 22.2. The summed E-state index contributed by atoms with van der Waals surface area (Å²) in [5.41, 5.74) is 11.2. The van der Waals surface area contributed by atoms with Crippen LogP contribution in [0.1, 0.15) is 127 Å². The van der Waals surface area contributed by atoms with Crippen LogP contribution in [0.5, 0.6) is 0 Å². The van der Waals surface area contributed by atoms with Crippen LogP contribution in [-0.2, 0) is 27.2 Å². The second kappa shape index (κ2) is 20.3. The smallest absolute Gasteiger partial charge is 0.225 e. The fourth-order valence-corrected chi connectivity index (χ4v) is 11.0. The van der Waals surface area contributed by atoms with Gasteiger partial charge in [0.2, 0.25) is 5.91 Å². The first-order valence-electron chi connectivity index (χ1n) is 22.2. The van der Waals surface area contributed by atoms with Gasteiger partial charge in [0.25, 0.3) is 0 Å². The van der Waals surface area contributed by atoms with Gasteiger partial charge in [0, 0.05) is 36.8 Å². The van der Waals surface area contributed by atoms with Crippen molar-refractivity contribution < 1.29 is 29.6 Å². The van der Waals surface area contributed by atoms with Gasteiger partial charge in [0.15, 0.2) is 5.78 Å². The molecule has 2 aliphatic heterocycles. The molecule has 2 heterocycles. The fraction of sp³-hybridized carbons (Fsp3) is 0.600. The van der Waals surface area contributed by atoms with Crippen LogP contribution in [0.15, 0.2) is 76.9 Å². The summed E-state index contributed by atoms with van der Waals surface area (Å²) in [7, 11) is 0. The molecular weight excluding hydrogens is 739 g/mol. The van der Waals surface area contributed by atoms with Gasteiger partial charge in [0.1, 0.15) is 12.8 Å². The molecule has 1 amide bonds. The average molecular weight is 808 g/mol. The average Bonchev–Trinajstić information content (AvgIpc) is 3.56. The highest BCUT2D eigenvalue weighted by Crippen LogP contribution is 2.63. The molecular formula is C50H69N3O6. The molecule has 59 heavy (non-hydrogen) atoms. The van der Waals surface area contributed by atoms with Crippen molar-refractivity contribution in [1.29, 1.82) is 0 Å². The standard InChI is InChI=1S/C50H69N3O6/c1-33-13-8-9-28-59-32-38(18-10-14-34(2)44(22-21-33)52-31-36-15-6-5-7-16-36)40-24-26-50(47(40)57)43(20-12-27-54)39(23-25-49(50,4)58)35(3)45(55)29-37-17-11-19-41-42(37)30-46(56)53-48(41)51/h10-11,14,17-19,21,36,40,43-44,47-48,52,54,57-58H,2,5-7,12-13,15-16,20,22-32,51H2,1,3-4H3,(H,53,56). The zero-order chi connectivity index (χ0) is 42.2. The lowest BCUT2D eigenvalue weighted by Crippen LogP contribution is -2.59. The number of benzene rings is 1. The van der Waals surface area contributed by atoms with E-state index >= 15 is 0 Å². The summed E-state index contributed by atoms with van der Waals surface area (Å²) in [6.45, 7) is 11.8. The second-order valence-corrected chi connectivity index (χ2v) is 18.2. The molecule has 0 saturated heterocycles. The van der Waals surface area contributed by atoms with E-state index in [0.29, 0.717) is 56.4 Å². The van der Waals surface area contributed by atoms with E-state index in [0.717, 1.165) is 46.4 Å². The van der Waals surface area contributed by atoms with Crippen molar-refractivity contribution in [3.63, 3.8) is 0 Å². The zero-order valence-corrected chi connectivity index (χ0v) is 35.8. The third-order valence-corrected chi connectivity index (χ3v) is 14.5. The summed E-state index contributed by atoms with van der Waals surface area (Å²) >= 11 is 0. The van der Waals surface area contributed by atoms with E-state index in [1.807, 2.05) is 38.1 Å². The van der Waals surface area contributed by atoms with Crippen LogP contribution in [0.25, 0.3) is 0 Å². The molecule has 1 spiro atoms. The number of ether oxygens (including phenoxy) is 1. The third kappa shape index (κ3) is 10.3. The molecule has 6 rings (SSSR count). The molecule has 3 fully saturated rings. The van der Waals surface area contributed by atoms with Gasteiger partial charge in [0.05, 0.1) is 24.7 Å². The van der Waals surface area contributed by atoms with Crippen LogP contribution in [0, 0.1) is 35.0 Å². The van der Waals surface area contributed by atoms with Crippen molar-refractivity contribution in [2.45, 2.75) is 141 Å². The van der Waals surface area contributed by atoms with Gasteiger partial charge in [-0.25, -0.2) is 0 Å². The van der Waals surface area contributed by atoms with Crippen molar-refractivity contribution in [1.82, 2.24) is 10.6 Å². The largest absolute Gasteiger partial charge is 0.396 e. The number of ketones is 1. The summed E-state index contributed by atoms with van der Waals surface area (Å²) in [6.07, 6.45) is 18.3. The minimum atomic E-state index is -1.23. The van der Waals surface area contributed by atoms with Gasteiger partial charge >= 0.3 is 0 Å². The molecule has 0 aromatic heterocycles. The lowest BCUT2D eigenvalue weighted by molar-refractivity contribution is -0.167. The highest BCUT2D eigenvalue weighted by atomic mass is 16.5. The lowest BCUT2D eigenvalue weighted by Gasteiger charge is -2.55. The lowest BCUT2D eigenvalue weighted by atomic mass is 9.52. The van der Waals surface area contributed by atoms with Gasteiger partial charge in [-0.2, -0.15) is 0 Å². The quantitative estimate of drug-likeness (QED) is 0.0861. The fourth-order valence-electron chi connectivity index (χ4n) is 11.0. The molecule has 7 atom stereocenters. The summed E-state index contributed by atoms with van der Waals surface area (Å²) in [5.74, 6) is 6.30. The topological polar surface area (TPSA) is 154 Å². The maximum atomic E-state index is 14.3. The Kier molecular flexibility index (Phi) is 15.5. The van der Waals surface area contributed by atoms with Gasteiger partial charge in [-0.3, -0.25) is 9.59 Å². The van der Waals surface area contributed by atoms with Crippen LogP contribution >= 0.6 is 0 Å². The molecule has 1 aromatic carbocycles. The first-order chi connectivity index (χ1) is 28.4. The first kappa shape index (κ1) is 44.9. The van der Waals surface area contributed by atoms with Crippen LogP contribution in [-0.4, -0.2) is 71.1 Å². The molecule has 0 bridgehead atoms. The monoisotopic (exact) mass is 808 g/mol. The maximum absolute atomic E-state index is 14.3. The number of fused-ring (bicyclic) bond motifs is 1. The summed E-state index contributed by atoms with van der Waals surface area (Å²) in [4.78, 5) is 26.7. The number of carbonyl (C=O) groups excluding carboxylic acids is 2. The molecule has 9 heteroatoms. The maximum Gasteiger partial charge on any atom is 0.225 e. The van der Waals surface area contributed by atoms with Crippen molar-refractivity contribution in [3.05, 3.63) is 93.6 Å². The number of nitrogens with one attached hydrogen (secondary N) is 2. The molecule has 1 aromatic rings. The number of allylic oxidation sites excluding steroid dienone is 5. The van der Waals surface area contributed by atoms with E-state index in [4.69, 9.17) is 10.5 Å².